The highest BCUT2D eigenvalue weighted by molar-refractivity contribution is 6.12. The Morgan fingerprint density at radius 3 is 2.38 bits per heavy atom. The van der Waals surface area contributed by atoms with E-state index < -0.39 is 16.8 Å². The van der Waals surface area contributed by atoms with Crippen LogP contribution in [0.15, 0.2) is 30.7 Å². The second-order valence-corrected chi connectivity index (χ2v) is 9.39. The normalized spacial score (nSPS) is 23.6. The molecule has 9 heteroatoms. The molecule has 0 unspecified atom stereocenters. The Kier molecular flexibility index (Phi) is 4.96. The first-order chi connectivity index (χ1) is 15.3. The van der Waals surface area contributed by atoms with Crippen LogP contribution in [0.3, 0.4) is 0 Å². The fraction of sp³-hybridized carbons (Fsp3) is 0.522. The SMILES string of the molecule is C[C@@H](c1ccc(-n2cc(F)cn2)nc1)N1CC(=O)NC2(CCC3(CC2)C(=O)CCC3=O)C1. The lowest BCUT2D eigenvalue weighted by atomic mass is 9.65. The summed E-state index contributed by atoms with van der Waals surface area (Å²) >= 11 is 0. The Morgan fingerprint density at radius 2 is 1.78 bits per heavy atom. The molecule has 2 aliphatic carbocycles. The van der Waals surface area contributed by atoms with Crippen molar-refractivity contribution in [3.05, 3.63) is 42.1 Å². The van der Waals surface area contributed by atoms with Gasteiger partial charge in [0.25, 0.3) is 0 Å². The summed E-state index contributed by atoms with van der Waals surface area (Å²) in [6.07, 6.45) is 7.12. The van der Waals surface area contributed by atoms with Gasteiger partial charge in [0.05, 0.1) is 29.9 Å². The standard InChI is InChI=1S/C23H26FN5O3/c1-15(16-2-5-20(25-10-16)29-12-17(24)11-26-29)28-13-21(32)27-22(14-28)6-8-23(9-7-22)18(30)3-4-19(23)31/h2,5,10-12,15H,3-4,6-9,13-14H2,1H3,(H,27,32)/t15-/m0/s1. The molecule has 8 nitrogen and oxygen atoms in total. The third-order valence-electron chi connectivity index (χ3n) is 7.55. The maximum atomic E-state index is 13.2. The lowest BCUT2D eigenvalue weighted by Gasteiger charge is -2.50. The number of rotatable bonds is 3. The second-order valence-electron chi connectivity index (χ2n) is 9.39. The molecule has 32 heavy (non-hydrogen) atoms. The molecule has 2 saturated carbocycles. The van der Waals surface area contributed by atoms with Gasteiger partial charge in [-0.15, -0.1) is 0 Å². The Morgan fingerprint density at radius 1 is 1.06 bits per heavy atom. The summed E-state index contributed by atoms with van der Waals surface area (Å²) in [6.45, 7) is 2.97. The number of nitrogens with one attached hydrogen (secondary N) is 1. The first-order valence-electron chi connectivity index (χ1n) is 11.1. The van der Waals surface area contributed by atoms with Crippen LogP contribution in [0.5, 0.6) is 0 Å². The van der Waals surface area contributed by atoms with E-state index in [9.17, 15) is 18.8 Å². The summed E-state index contributed by atoms with van der Waals surface area (Å²) in [7, 11) is 0. The van der Waals surface area contributed by atoms with Gasteiger partial charge in [-0.3, -0.25) is 19.3 Å². The van der Waals surface area contributed by atoms with Crippen LogP contribution < -0.4 is 5.32 Å². The van der Waals surface area contributed by atoms with E-state index in [4.69, 9.17) is 0 Å². The van der Waals surface area contributed by atoms with Gasteiger partial charge in [0.15, 0.2) is 11.6 Å². The average Bonchev–Trinajstić information content (AvgIpc) is 3.34. The molecule has 1 N–H and O–H groups in total. The van der Waals surface area contributed by atoms with Gasteiger partial charge in [-0.25, -0.2) is 14.1 Å². The van der Waals surface area contributed by atoms with Crippen molar-refractivity contribution in [1.82, 2.24) is 25.0 Å². The molecule has 0 aromatic carbocycles. The molecule has 5 rings (SSSR count). The van der Waals surface area contributed by atoms with Gasteiger partial charge in [0.1, 0.15) is 11.6 Å². The maximum Gasteiger partial charge on any atom is 0.234 e. The Labute approximate surface area is 185 Å². The molecule has 168 valence electrons. The van der Waals surface area contributed by atoms with Crippen LogP contribution in [0.1, 0.15) is 57.1 Å². The minimum atomic E-state index is -0.810. The van der Waals surface area contributed by atoms with Crippen molar-refractivity contribution < 1.29 is 18.8 Å². The summed E-state index contributed by atoms with van der Waals surface area (Å²) in [6, 6.07) is 3.64. The predicted molar refractivity (Wildman–Crippen MR) is 112 cm³/mol. The topological polar surface area (TPSA) is 97.2 Å². The smallest absolute Gasteiger partial charge is 0.234 e. The number of carbonyl (C=O) groups excluding carboxylic acids is 3. The molecule has 3 heterocycles. The molecule has 2 aromatic heterocycles. The fourth-order valence-electron chi connectivity index (χ4n) is 5.55. The van der Waals surface area contributed by atoms with E-state index in [1.54, 1.807) is 12.3 Å². The number of hydrogen-bond acceptors (Lipinski definition) is 6. The molecule has 0 radical (unpaired) electrons. The van der Waals surface area contributed by atoms with Crippen molar-refractivity contribution in [1.29, 1.82) is 0 Å². The van der Waals surface area contributed by atoms with Crippen molar-refractivity contribution in [2.75, 3.05) is 13.1 Å². The van der Waals surface area contributed by atoms with Crippen LogP contribution in [-0.4, -0.2) is 55.8 Å². The number of ketones is 2. The zero-order valence-electron chi connectivity index (χ0n) is 18.0. The van der Waals surface area contributed by atoms with E-state index in [0.29, 0.717) is 50.9 Å². The van der Waals surface area contributed by atoms with Crippen molar-refractivity contribution in [2.24, 2.45) is 5.41 Å². The lowest BCUT2D eigenvalue weighted by Crippen LogP contribution is -2.65. The molecular weight excluding hydrogens is 413 g/mol. The van der Waals surface area contributed by atoms with E-state index in [1.165, 1.54) is 10.9 Å². The third kappa shape index (κ3) is 3.44. The summed E-state index contributed by atoms with van der Waals surface area (Å²) < 4.78 is 14.6. The van der Waals surface area contributed by atoms with Gasteiger partial charge in [-0.2, -0.15) is 5.10 Å². The number of amides is 1. The van der Waals surface area contributed by atoms with Gasteiger partial charge >= 0.3 is 0 Å². The van der Waals surface area contributed by atoms with Crippen LogP contribution in [0, 0.1) is 11.2 Å². The zero-order valence-corrected chi connectivity index (χ0v) is 18.0. The third-order valence-corrected chi connectivity index (χ3v) is 7.55. The van der Waals surface area contributed by atoms with Gasteiger partial charge < -0.3 is 5.32 Å². The zero-order chi connectivity index (χ0) is 22.5. The first kappa shape index (κ1) is 20.9. The van der Waals surface area contributed by atoms with Crippen molar-refractivity contribution in [2.45, 2.75) is 57.0 Å². The molecule has 1 atom stereocenters. The lowest BCUT2D eigenvalue weighted by molar-refractivity contribution is -0.140. The summed E-state index contributed by atoms with van der Waals surface area (Å²) in [5.41, 5.74) is -0.284. The van der Waals surface area contributed by atoms with Gasteiger partial charge in [0.2, 0.25) is 5.91 Å². The number of piperazine rings is 1. The maximum absolute atomic E-state index is 13.2. The Hall–Kier alpha value is -2.94. The second kappa shape index (κ2) is 7.58. The van der Waals surface area contributed by atoms with E-state index >= 15 is 0 Å². The highest BCUT2D eigenvalue weighted by Crippen LogP contribution is 2.48. The van der Waals surface area contributed by atoms with E-state index in [0.717, 1.165) is 11.8 Å². The number of aromatic nitrogens is 3. The highest BCUT2D eigenvalue weighted by atomic mass is 19.1. The van der Waals surface area contributed by atoms with Crippen molar-refractivity contribution in [3.8, 4) is 5.82 Å². The molecule has 0 bridgehead atoms. The molecule has 1 amide bonds. The minimum absolute atomic E-state index is 0.0419. The predicted octanol–water partition coefficient (Wildman–Crippen LogP) is 2.13. The molecule has 1 saturated heterocycles. The number of halogens is 1. The number of carbonyl (C=O) groups is 3. The van der Waals surface area contributed by atoms with Crippen LogP contribution >= 0.6 is 0 Å². The van der Waals surface area contributed by atoms with Gasteiger partial charge in [-0.05, 0) is 44.2 Å². The molecule has 2 spiro atoms. The molecular formula is C23H26FN5O3. The Bertz CT molecular complexity index is 1050. The molecule has 1 aliphatic heterocycles. The van der Waals surface area contributed by atoms with Crippen molar-refractivity contribution in [3.63, 3.8) is 0 Å². The van der Waals surface area contributed by atoms with E-state index in [2.05, 4.69) is 20.3 Å². The average molecular weight is 439 g/mol. The number of pyridine rings is 1. The fourth-order valence-corrected chi connectivity index (χ4v) is 5.55. The van der Waals surface area contributed by atoms with Crippen LogP contribution in [0.25, 0.3) is 5.82 Å². The summed E-state index contributed by atoms with van der Waals surface area (Å²) in [5.74, 6) is 0.200. The molecule has 3 aliphatic rings. The minimum Gasteiger partial charge on any atom is -0.348 e. The summed E-state index contributed by atoms with van der Waals surface area (Å²) in [4.78, 5) is 44.0. The number of Topliss-reactive ketones (excluding diaryl/α,β-unsaturated/α-hetero) is 2. The number of nitrogens with zero attached hydrogens (tertiary/aromatic N) is 4. The van der Waals surface area contributed by atoms with E-state index in [-0.39, 0.29) is 30.1 Å². The Balaban J connectivity index is 1.31. The highest BCUT2D eigenvalue weighted by Gasteiger charge is 2.55. The monoisotopic (exact) mass is 439 g/mol. The largest absolute Gasteiger partial charge is 0.348 e. The number of hydrogen-bond donors (Lipinski definition) is 1. The molecule has 2 aromatic rings. The summed E-state index contributed by atoms with van der Waals surface area (Å²) in [5, 5.41) is 7.10. The first-order valence-corrected chi connectivity index (χ1v) is 11.1. The van der Waals surface area contributed by atoms with Gasteiger partial charge in [-0.1, -0.05) is 6.07 Å². The quantitative estimate of drug-likeness (QED) is 0.736. The van der Waals surface area contributed by atoms with Gasteiger partial charge in [0, 0.05) is 31.6 Å². The van der Waals surface area contributed by atoms with Crippen molar-refractivity contribution >= 4 is 17.5 Å². The van der Waals surface area contributed by atoms with Crippen LogP contribution in [0.2, 0.25) is 0 Å². The van der Waals surface area contributed by atoms with E-state index in [1.807, 2.05) is 13.0 Å². The van der Waals surface area contributed by atoms with Crippen LogP contribution in [0.4, 0.5) is 4.39 Å². The van der Waals surface area contributed by atoms with Crippen LogP contribution in [-0.2, 0) is 14.4 Å². The molecule has 3 fully saturated rings.